The lowest BCUT2D eigenvalue weighted by Crippen LogP contribution is -2.60. The molecule has 11 heteroatoms. The Bertz CT molecular complexity index is 1560. The van der Waals surface area contributed by atoms with Gasteiger partial charge in [0, 0.05) is 62.7 Å². The molecule has 1 saturated heterocycles. The van der Waals surface area contributed by atoms with Gasteiger partial charge in [0.05, 0.1) is 29.2 Å². The zero-order valence-electron chi connectivity index (χ0n) is 23.8. The van der Waals surface area contributed by atoms with E-state index in [2.05, 4.69) is 20.4 Å². The highest BCUT2D eigenvalue weighted by molar-refractivity contribution is 5.99. The second-order valence-corrected chi connectivity index (χ2v) is 12.2. The number of benzene rings is 2. The number of anilines is 1. The lowest BCUT2D eigenvalue weighted by Gasteiger charge is -2.41. The monoisotopic (exact) mass is 578 g/mol. The van der Waals surface area contributed by atoms with Crippen molar-refractivity contribution in [2.75, 3.05) is 37.6 Å². The fraction of sp³-hybridized carbons (Fsp3) is 0.419. The molecule has 3 aliphatic rings. The first kappa shape index (κ1) is 28.3. The third kappa shape index (κ3) is 5.27. The third-order valence-corrected chi connectivity index (χ3v) is 8.46. The first-order chi connectivity index (χ1) is 20.0. The maximum atomic E-state index is 14.4. The van der Waals surface area contributed by atoms with E-state index in [1.807, 2.05) is 20.8 Å². The van der Waals surface area contributed by atoms with Gasteiger partial charge in [-0.05, 0) is 36.2 Å². The van der Waals surface area contributed by atoms with Crippen LogP contribution in [-0.2, 0) is 23.2 Å². The van der Waals surface area contributed by atoms with Crippen LogP contribution in [0.15, 0.2) is 42.5 Å². The predicted octanol–water partition coefficient (Wildman–Crippen LogP) is 3.43. The summed E-state index contributed by atoms with van der Waals surface area (Å²) in [6.45, 7) is 8.47. The molecule has 4 heterocycles. The first-order valence-electron chi connectivity index (χ1n) is 14.2. The summed E-state index contributed by atoms with van der Waals surface area (Å²) in [5.74, 6) is -2.27. The summed E-state index contributed by atoms with van der Waals surface area (Å²) in [5.41, 5.74) is 2.45. The number of hydrogen-bond acceptors (Lipinski definition) is 6. The molecule has 220 valence electrons. The van der Waals surface area contributed by atoms with Gasteiger partial charge in [-0.15, -0.1) is 0 Å². The molecule has 0 aliphatic carbocycles. The van der Waals surface area contributed by atoms with Crippen LogP contribution in [0.1, 0.15) is 53.6 Å². The SMILES string of the molecule is C[C@@H]1CN(CC(=O)N2CC(C)(C)c3nnc(Cc4ccc(F)cc4F)cc32)[C@@H](CN2Cc3cccc(F)c3C2=O)CN1. The lowest BCUT2D eigenvalue weighted by atomic mass is 9.91. The molecule has 3 aliphatic heterocycles. The van der Waals surface area contributed by atoms with Gasteiger partial charge in [-0.2, -0.15) is 10.2 Å². The van der Waals surface area contributed by atoms with Crippen molar-refractivity contribution in [3.8, 4) is 0 Å². The zero-order valence-corrected chi connectivity index (χ0v) is 23.8. The van der Waals surface area contributed by atoms with Crippen molar-refractivity contribution >= 4 is 17.5 Å². The molecular weight excluding hydrogens is 545 g/mol. The van der Waals surface area contributed by atoms with Gasteiger partial charge < -0.3 is 15.1 Å². The van der Waals surface area contributed by atoms with Crippen LogP contribution in [0.2, 0.25) is 0 Å². The van der Waals surface area contributed by atoms with Crippen molar-refractivity contribution in [1.29, 1.82) is 0 Å². The highest BCUT2D eigenvalue weighted by atomic mass is 19.1. The molecule has 0 bridgehead atoms. The standard InChI is InChI=1S/C31H33F3N6O2/c1-18-13-38(23(12-35-18)15-39-14-20-5-4-6-24(33)28(20)30(39)42)16-27(41)40-17-31(2,3)29-26(40)11-22(36-37-29)9-19-7-8-21(32)10-25(19)34/h4-8,10-11,18,23,35H,9,12-17H2,1-3H3/t18-,23-/m1/s1. The average Bonchev–Trinajstić information content (AvgIpc) is 3.40. The molecule has 0 radical (unpaired) electrons. The van der Waals surface area contributed by atoms with E-state index in [0.29, 0.717) is 55.4 Å². The normalized spacial score (nSPS) is 21.5. The van der Waals surface area contributed by atoms with Crippen LogP contribution in [0.3, 0.4) is 0 Å². The largest absolute Gasteiger partial charge is 0.333 e. The molecule has 42 heavy (non-hydrogen) atoms. The molecule has 6 rings (SSSR count). The van der Waals surface area contributed by atoms with E-state index in [-0.39, 0.29) is 48.0 Å². The summed E-state index contributed by atoms with van der Waals surface area (Å²) >= 11 is 0. The van der Waals surface area contributed by atoms with E-state index in [4.69, 9.17) is 0 Å². The lowest BCUT2D eigenvalue weighted by molar-refractivity contribution is -0.120. The van der Waals surface area contributed by atoms with Crippen molar-refractivity contribution in [3.05, 3.63) is 88.0 Å². The maximum Gasteiger partial charge on any atom is 0.257 e. The van der Waals surface area contributed by atoms with E-state index in [1.54, 1.807) is 28.0 Å². The minimum absolute atomic E-state index is 0.110. The second kappa shape index (κ2) is 10.8. The number of halogens is 3. The molecule has 0 spiro atoms. The smallest absolute Gasteiger partial charge is 0.257 e. The van der Waals surface area contributed by atoms with Gasteiger partial charge in [0.25, 0.3) is 5.91 Å². The van der Waals surface area contributed by atoms with Gasteiger partial charge in [-0.3, -0.25) is 14.5 Å². The van der Waals surface area contributed by atoms with E-state index in [0.717, 1.165) is 6.07 Å². The van der Waals surface area contributed by atoms with Gasteiger partial charge >= 0.3 is 0 Å². The number of nitrogens with one attached hydrogen (secondary N) is 1. The fourth-order valence-corrected chi connectivity index (χ4v) is 6.27. The number of amides is 2. The molecule has 0 saturated carbocycles. The van der Waals surface area contributed by atoms with Crippen molar-refractivity contribution in [2.45, 2.75) is 51.2 Å². The topological polar surface area (TPSA) is 81.7 Å². The third-order valence-electron chi connectivity index (χ3n) is 8.46. The highest BCUT2D eigenvalue weighted by Gasteiger charge is 2.42. The minimum Gasteiger partial charge on any atom is -0.333 e. The van der Waals surface area contributed by atoms with E-state index >= 15 is 0 Å². The summed E-state index contributed by atoms with van der Waals surface area (Å²) in [6.07, 6.45) is 0.110. The van der Waals surface area contributed by atoms with Crippen LogP contribution in [0.5, 0.6) is 0 Å². The number of rotatable bonds is 6. The summed E-state index contributed by atoms with van der Waals surface area (Å²) < 4.78 is 42.1. The predicted molar refractivity (Wildman–Crippen MR) is 151 cm³/mol. The number of fused-ring (bicyclic) bond motifs is 2. The molecule has 8 nitrogen and oxygen atoms in total. The molecule has 2 atom stereocenters. The fourth-order valence-electron chi connectivity index (χ4n) is 6.27. The van der Waals surface area contributed by atoms with Crippen LogP contribution in [0.4, 0.5) is 18.9 Å². The Morgan fingerprint density at radius 1 is 1.10 bits per heavy atom. The molecule has 1 N–H and O–H groups in total. The van der Waals surface area contributed by atoms with E-state index in [9.17, 15) is 22.8 Å². The molecule has 1 aromatic heterocycles. The van der Waals surface area contributed by atoms with Crippen LogP contribution < -0.4 is 10.2 Å². The van der Waals surface area contributed by atoms with Crippen LogP contribution in [-0.4, -0.2) is 76.6 Å². The van der Waals surface area contributed by atoms with Crippen molar-refractivity contribution in [3.63, 3.8) is 0 Å². The van der Waals surface area contributed by atoms with E-state index in [1.165, 1.54) is 18.2 Å². The van der Waals surface area contributed by atoms with Crippen molar-refractivity contribution in [2.24, 2.45) is 0 Å². The number of carbonyl (C=O) groups is 2. The Balaban J connectivity index is 1.20. The van der Waals surface area contributed by atoms with Gasteiger partial charge in [0.1, 0.15) is 17.5 Å². The Hall–Kier alpha value is -3.83. The van der Waals surface area contributed by atoms with Gasteiger partial charge in [0.15, 0.2) is 0 Å². The number of piperazine rings is 1. The Labute approximate surface area is 242 Å². The molecule has 2 amide bonds. The molecule has 2 aromatic carbocycles. The highest BCUT2D eigenvalue weighted by Crippen LogP contribution is 2.39. The molecule has 0 unspecified atom stereocenters. The second-order valence-electron chi connectivity index (χ2n) is 12.2. The number of carbonyl (C=O) groups excluding carboxylic acids is 2. The van der Waals surface area contributed by atoms with E-state index < -0.39 is 22.9 Å². The number of hydrogen-bond donors (Lipinski definition) is 1. The molecule has 3 aromatic rings. The van der Waals surface area contributed by atoms with Crippen LogP contribution in [0, 0.1) is 17.5 Å². The summed E-state index contributed by atoms with van der Waals surface area (Å²) in [4.78, 5) is 32.4. The quantitative estimate of drug-likeness (QED) is 0.483. The summed E-state index contributed by atoms with van der Waals surface area (Å²) in [6, 6.07) is 9.88. The maximum absolute atomic E-state index is 14.4. The van der Waals surface area contributed by atoms with Gasteiger partial charge in [-0.1, -0.05) is 32.0 Å². The van der Waals surface area contributed by atoms with Crippen molar-refractivity contribution in [1.82, 2.24) is 25.3 Å². The molecule has 1 fully saturated rings. The molecular formula is C31H33F3N6O2. The van der Waals surface area contributed by atoms with Crippen molar-refractivity contribution < 1.29 is 22.8 Å². The zero-order chi connectivity index (χ0) is 29.8. The van der Waals surface area contributed by atoms with Crippen LogP contribution >= 0.6 is 0 Å². The van der Waals surface area contributed by atoms with Gasteiger partial charge in [0.2, 0.25) is 5.91 Å². The Kier molecular flexibility index (Phi) is 7.26. The van der Waals surface area contributed by atoms with Crippen LogP contribution in [0.25, 0.3) is 0 Å². The number of aromatic nitrogens is 2. The minimum atomic E-state index is -0.660. The first-order valence-corrected chi connectivity index (χ1v) is 14.2. The average molecular weight is 579 g/mol. The summed E-state index contributed by atoms with van der Waals surface area (Å²) in [7, 11) is 0. The number of nitrogens with zero attached hydrogens (tertiary/aromatic N) is 5. The Morgan fingerprint density at radius 2 is 1.90 bits per heavy atom. The Morgan fingerprint density at radius 3 is 2.67 bits per heavy atom. The summed E-state index contributed by atoms with van der Waals surface area (Å²) in [5, 5.41) is 12.2. The van der Waals surface area contributed by atoms with Gasteiger partial charge in [-0.25, -0.2) is 13.2 Å².